The maximum absolute atomic E-state index is 12.5. The number of hydrazine groups is 1. The van der Waals surface area contributed by atoms with E-state index in [-0.39, 0.29) is 17.8 Å². The molecule has 11 heteroatoms. The lowest BCUT2D eigenvalue weighted by atomic mass is 10.2. The first kappa shape index (κ1) is 24.6. The highest BCUT2D eigenvalue weighted by atomic mass is 79.9. The first-order valence-electron chi connectivity index (χ1n) is 8.60. The summed E-state index contributed by atoms with van der Waals surface area (Å²) in [7, 11) is 0. The van der Waals surface area contributed by atoms with Crippen LogP contribution in [0.5, 0.6) is 11.5 Å². The molecular formula is C19H18Br3N3O4S. The van der Waals surface area contributed by atoms with Crippen LogP contribution in [0.1, 0.15) is 24.2 Å². The van der Waals surface area contributed by atoms with Crippen LogP contribution >= 0.6 is 60.0 Å². The minimum absolute atomic E-state index is 0.0753. The van der Waals surface area contributed by atoms with Gasteiger partial charge in [-0.1, -0.05) is 31.9 Å². The summed E-state index contributed by atoms with van der Waals surface area (Å²) < 4.78 is 13.4. The van der Waals surface area contributed by atoms with Gasteiger partial charge in [0.15, 0.2) is 11.7 Å². The van der Waals surface area contributed by atoms with Gasteiger partial charge in [0.2, 0.25) is 0 Å². The molecule has 0 aliphatic rings. The molecule has 2 aromatic carbocycles. The smallest absolute Gasteiger partial charge is 0.276 e. The summed E-state index contributed by atoms with van der Waals surface area (Å²) in [5, 5.41) is 2.42. The molecule has 0 spiro atoms. The molecule has 3 N–H and O–H groups in total. The van der Waals surface area contributed by atoms with Gasteiger partial charge in [0, 0.05) is 8.95 Å². The fraction of sp³-hybridized carbons (Fsp3) is 0.211. The number of thiocarbonyl (C=S) groups is 1. The molecule has 2 aromatic rings. The van der Waals surface area contributed by atoms with Crippen molar-refractivity contribution in [1.29, 1.82) is 0 Å². The van der Waals surface area contributed by atoms with Crippen LogP contribution in [0.2, 0.25) is 0 Å². The van der Waals surface area contributed by atoms with Crippen LogP contribution in [-0.2, 0) is 4.79 Å². The third-order valence-electron chi connectivity index (χ3n) is 3.34. The highest BCUT2D eigenvalue weighted by molar-refractivity contribution is 9.11. The van der Waals surface area contributed by atoms with Gasteiger partial charge in [0.05, 0.1) is 16.1 Å². The molecular weight excluding hydrogens is 606 g/mol. The number of amides is 2. The third kappa shape index (κ3) is 7.86. The zero-order chi connectivity index (χ0) is 22.3. The molecule has 7 nitrogen and oxygen atoms in total. The van der Waals surface area contributed by atoms with Gasteiger partial charge in [-0.3, -0.25) is 25.8 Å². The largest absolute Gasteiger partial charge is 0.490 e. The van der Waals surface area contributed by atoms with Gasteiger partial charge in [0.25, 0.3) is 11.8 Å². The van der Waals surface area contributed by atoms with Gasteiger partial charge in [-0.05, 0) is 78.4 Å². The lowest BCUT2D eigenvalue weighted by molar-refractivity contribution is -0.123. The summed E-state index contributed by atoms with van der Waals surface area (Å²) in [6, 6.07) is 10.4. The van der Waals surface area contributed by atoms with E-state index in [1.54, 1.807) is 36.4 Å². The van der Waals surface area contributed by atoms with Crippen molar-refractivity contribution in [3.8, 4) is 11.5 Å². The topological polar surface area (TPSA) is 88.7 Å². The van der Waals surface area contributed by atoms with Crippen molar-refractivity contribution >= 4 is 76.9 Å². The van der Waals surface area contributed by atoms with Gasteiger partial charge < -0.3 is 9.47 Å². The molecule has 2 amide bonds. The van der Waals surface area contributed by atoms with Crippen molar-refractivity contribution in [1.82, 2.24) is 16.2 Å². The van der Waals surface area contributed by atoms with E-state index in [1.165, 1.54) is 0 Å². The number of hydrogen-bond acceptors (Lipinski definition) is 5. The van der Waals surface area contributed by atoms with Crippen molar-refractivity contribution in [3.63, 3.8) is 0 Å². The molecule has 0 atom stereocenters. The van der Waals surface area contributed by atoms with Crippen LogP contribution in [0.25, 0.3) is 0 Å². The number of halogens is 3. The predicted octanol–water partition coefficient (Wildman–Crippen LogP) is 4.48. The quantitative estimate of drug-likeness (QED) is 0.325. The third-order valence-corrected chi connectivity index (χ3v) is 5.15. The molecule has 0 saturated carbocycles. The van der Waals surface area contributed by atoms with E-state index in [4.69, 9.17) is 21.7 Å². The molecule has 0 bridgehead atoms. The number of hydrogen-bond donors (Lipinski definition) is 3. The Morgan fingerprint density at radius 3 is 2.27 bits per heavy atom. The Labute approximate surface area is 204 Å². The van der Waals surface area contributed by atoms with Crippen LogP contribution in [0.4, 0.5) is 0 Å². The fourth-order valence-corrected chi connectivity index (χ4v) is 3.80. The van der Waals surface area contributed by atoms with E-state index in [1.807, 2.05) is 13.8 Å². The number of ether oxygens (including phenoxy) is 2. The second-order valence-electron chi connectivity index (χ2n) is 6.13. The van der Waals surface area contributed by atoms with E-state index >= 15 is 0 Å². The van der Waals surface area contributed by atoms with E-state index in [9.17, 15) is 9.59 Å². The molecule has 160 valence electrons. The first-order valence-corrected chi connectivity index (χ1v) is 11.4. The van der Waals surface area contributed by atoms with Crippen LogP contribution in [-0.4, -0.2) is 29.6 Å². The molecule has 0 radical (unpaired) electrons. The normalized spacial score (nSPS) is 10.3. The van der Waals surface area contributed by atoms with E-state index in [0.29, 0.717) is 26.0 Å². The first-order chi connectivity index (χ1) is 14.2. The maximum Gasteiger partial charge on any atom is 0.276 e. The summed E-state index contributed by atoms with van der Waals surface area (Å²) in [4.78, 5) is 24.5. The molecule has 0 heterocycles. The number of rotatable bonds is 6. The molecule has 0 aliphatic heterocycles. The standard InChI is InChI=1S/C19H18Br3N3O4S/c1-10(2)29-15-5-3-11(20)7-13(15)18(27)23-19(30)25-24-17(26)9-28-16-6-4-12(21)8-14(16)22/h3-8,10H,9H2,1-2H3,(H,24,26)(H2,23,25,27,30). The number of carbonyl (C=O) groups excluding carboxylic acids is 2. The zero-order valence-electron chi connectivity index (χ0n) is 15.9. The van der Waals surface area contributed by atoms with Gasteiger partial charge in [0.1, 0.15) is 11.5 Å². The monoisotopic (exact) mass is 621 g/mol. The summed E-state index contributed by atoms with van der Waals surface area (Å²) in [6.07, 6.45) is -0.104. The average Bonchev–Trinajstić information content (AvgIpc) is 2.66. The number of nitrogens with one attached hydrogen (secondary N) is 3. The average molecular weight is 624 g/mol. The highest BCUT2D eigenvalue weighted by Gasteiger charge is 2.16. The second-order valence-corrected chi connectivity index (χ2v) is 9.22. The Balaban J connectivity index is 1.86. The van der Waals surface area contributed by atoms with Gasteiger partial charge in [-0.15, -0.1) is 0 Å². The van der Waals surface area contributed by atoms with Crippen molar-refractivity contribution < 1.29 is 19.1 Å². The van der Waals surface area contributed by atoms with Crippen LogP contribution in [0.3, 0.4) is 0 Å². The molecule has 0 saturated heterocycles. The van der Waals surface area contributed by atoms with Gasteiger partial charge >= 0.3 is 0 Å². The highest BCUT2D eigenvalue weighted by Crippen LogP contribution is 2.28. The minimum Gasteiger partial charge on any atom is -0.490 e. The van der Waals surface area contributed by atoms with E-state index in [0.717, 1.165) is 4.47 Å². The summed E-state index contributed by atoms with van der Waals surface area (Å²) in [5.74, 6) is -0.0241. The minimum atomic E-state index is -0.479. The molecule has 0 fully saturated rings. The van der Waals surface area contributed by atoms with Crippen molar-refractivity contribution in [3.05, 3.63) is 55.4 Å². The van der Waals surface area contributed by atoms with Gasteiger partial charge in [-0.25, -0.2) is 0 Å². The summed E-state index contributed by atoms with van der Waals surface area (Å²) >= 11 is 15.1. The van der Waals surface area contributed by atoms with Crippen molar-refractivity contribution in [2.45, 2.75) is 20.0 Å². The predicted molar refractivity (Wildman–Crippen MR) is 129 cm³/mol. The molecule has 2 rings (SSSR count). The second kappa shape index (κ2) is 11.6. The fourth-order valence-electron chi connectivity index (χ4n) is 2.14. The Hall–Kier alpha value is -1.69. The Bertz CT molecular complexity index is 957. The zero-order valence-corrected chi connectivity index (χ0v) is 21.5. The molecule has 0 unspecified atom stereocenters. The van der Waals surface area contributed by atoms with Crippen molar-refractivity contribution in [2.24, 2.45) is 0 Å². The Morgan fingerprint density at radius 1 is 1.00 bits per heavy atom. The molecule has 0 aliphatic carbocycles. The lowest BCUT2D eigenvalue weighted by Crippen LogP contribution is -2.49. The maximum atomic E-state index is 12.5. The van der Waals surface area contributed by atoms with E-state index in [2.05, 4.69) is 64.0 Å². The molecule has 30 heavy (non-hydrogen) atoms. The van der Waals surface area contributed by atoms with Gasteiger partial charge in [-0.2, -0.15) is 0 Å². The van der Waals surface area contributed by atoms with Crippen molar-refractivity contribution in [2.75, 3.05) is 6.61 Å². The Morgan fingerprint density at radius 2 is 1.63 bits per heavy atom. The summed E-state index contributed by atoms with van der Waals surface area (Å²) in [5.41, 5.74) is 5.13. The summed E-state index contributed by atoms with van der Waals surface area (Å²) in [6.45, 7) is 3.47. The Kier molecular flexibility index (Phi) is 9.53. The van der Waals surface area contributed by atoms with E-state index < -0.39 is 11.8 Å². The van der Waals surface area contributed by atoms with Crippen LogP contribution in [0.15, 0.2) is 49.8 Å². The van der Waals surface area contributed by atoms with Crippen LogP contribution in [0, 0.1) is 0 Å². The number of carbonyl (C=O) groups is 2. The molecule has 0 aromatic heterocycles. The van der Waals surface area contributed by atoms with Crippen LogP contribution < -0.4 is 25.6 Å². The lowest BCUT2D eigenvalue weighted by Gasteiger charge is -2.15. The SMILES string of the molecule is CC(C)Oc1ccc(Br)cc1C(=O)NC(=S)NNC(=O)COc1ccc(Br)cc1Br. The number of benzene rings is 2.